The van der Waals surface area contributed by atoms with Gasteiger partial charge in [-0.25, -0.2) is 9.59 Å². The van der Waals surface area contributed by atoms with Crippen molar-refractivity contribution in [1.82, 2.24) is 0 Å². The first kappa shape index (κ1) is 29.3. The van der Waals surface area contributed by atoms with Gasteiger partial charge in [-0.1, -0.05) is 32.2 Å². The van der Waals surface area contributed by atoms with Gasteiger partial charge in [-0.2, -0.15) is 0 Å². The van der Waals surface area contributed by atoms with E-state index in [1.807, 2.05) is 45.0 Å². The summed E-state index contributed by atoms with van der Waals surface area (Å²) < 4.78 is 33.6. The van der Waals surface area contributed by atoms with E-state index in [0.717, 1.165) is 23.3 Å². The molecular weight excluding hydrogens is 476 g/mol. The van der Waals surface area contributed by atoms with E-state index in [4.69, 9.17) is 28.4 Å². The van der Waals surface area contributed by atoms with E-state index in [1.165, 1.54) is 0 Å². The lowest BCUT2D eigenvalue weighted by Gasteiger charge is -2.23. The predicted octanol–water partition coefficient (Wildman–Crippen LogP) is 5.74. The summed E-state index contributed by atoms with van der Waals surface area (Å²) in [6.45, 7) is 16.9. The van der Waals surface area contributed by atoms with Crippen molar-refractivity contribution >= 4 is 11.9 Å². The Labute approximate surface area is 218 Å². The van der Waals surface area contributed by atoms with Crippen LogP contribution in [0.5, 0.6) is 23.0 Å². The molecule has 3 atom stereocenters. The van der Waals surface area contributed by atoms with Crippen LogP contribution in [0.15, 0.2) is 61.7 Å². The number of hydrogen-bond donors (Lipinski definition) is 0. The molecule has 0 radical (unpaired) electrons. The van der Waals surface area contributed by atoms with Gasteiger partial charge in [0.2, 0.25) is 12.6 Å². The lowest BCUT2D eigenvalue weighted by atomic mass is 9.92. The first-order valence-electron chi connectivity index (χ1n) is 12.2. The zero-order valence-electron chi connectivity index (χ0n) is 22.2. The van der Waals surface area contributed by atoms with Gasteiger partial charge in [-0.3, -0.25) is 0 Å². The first-order valence-corrected chi connectivity index (χ1v) is 12.2. The third kappa shape index (κ3) is 9.22. The Morgan fingerprint density at radius 1 is 0.784 bits per heavy atom. The minimum Gasteiger partial charge on any atom is -0.494 e. The highest BCUT2D eigenvalue weighted by atomic mass is 16.7. The number of carbonyl (C=O) groups is 2. The average molecular weight is 513 g/mol. The Morgan fingerprint density at radius 2 is 1.27 bits per heavy atom. The SMILES string of the molecule is C=CC(=O)OC(C)Oc1cc(OCC)ccc1CC(C)c1ccc(OCC)cc1OC(C)OC(=O)C=C. The molecule has 0 aromatic heterocycles. The molecule has 0 aliphatic rings. The molecule has 0 aliphatic heterocycles. The van der Waals surface area contributed by atoms with E-state index < -0.39 is 24.5 Å². The lowest BCUT2D eigenvalue weighted by Crippen LogP contribution is -2.21. The van der Waals surface area contributed by atoms with Crippen molar-refractivity contribution < 1.29 is 38.0 Å². The van der Waals surface area contributed by atoms with Gasteiger partial charge in [-0.15, -0.1) is 0 Å². The maximum absolute atomic E-state index is 11.6. The quantitative estimate of drug-likeness (QED) is 0.170. The Bertz CT molecular complexity index is 1080. The molecule has 3 unspecified atom stereocenters. The van der Waals surface area contributed by atoms with Gasteiger partial charge in [0, 0.05) is 38.1 Å². The molecule has 8 nitrogen and oxygen atoms in total. The first-order chi connectivity index (χ1) is 17.7. The van der Waals surface area contributed by atoms with Crippen molar-refractivity contribution in [3.05, 3.63) is 72.8 Å². The van der Waals surface area contributed by atoms with Gasteiger partial charge in [0.05, 0.1) is 13.2 Å². The largest absolute Gasteiger partial charge is 0.494 e. The van der Waals surface area contributed by atoms with Crippen molar-refractivity contribution in [2.45, 2.75) is 59.5 Å². The van der Waals surface area contributed by atoms with Crippen molar-refractivity contribution in [1.29, 1.82) is 0 Å². The van der Waals surface area contributed by atoms with Crippen molar-refractivity contribution in [3.63, 3.8) is 0 Å². The van der Waals surface area contributed by atoms with E-state index in [9.17, 15) is 9.59 Å². The molecule has 0 heterocycles. The van der Waals surface area contributed by atoms with Gasteiger partial charge in [0.1, 0.15) is 23.0 Å². The summed E-state index contributed by atoms with van der Waals surface area (Å²) in [5.41, 5.74) is 1.76. The number of rotatable bonds is 15. The fraction of sp³-hybridized carbons (Fsp3) is 0.379. The second-order valence-corrected chi connectivity index (χ2v) is 8.09. The van der Waals surface area contributed by atoms with Crippen LogP contribution in [-0.4, -0.2) is 37.7 Å². The maximum atomic E-state index is 11.6. The van der Waals surface area contributed by atoms with E-state index in [2.05, 4.69) is 13.2 Å². The molecule has 0 amide bonds. The zero-order chi connectivity index (χ0) is 27.4. The van der Waals surface area contributed by atoms with Gasteiger partial charge in [0.25, 0.3) is 0 Å². The molecule has 2 rings (SSSR count). The Balaban J connectivity index is 2.35. The summed E-state index contributed by atoms with van der Waals surface area (Å²) in [5.74, 6) is 1.14. The number of carbonyl (C=O) groups excluding carboxylic acids is 2. The summed E-state index contributed by atoms with van der Waals surface area (Å²) in [7, 11) is 0. The van der Waals surface area contributed by atoms with Gasteiger partial charge >= 0.3 is 11.9 Å². The highest BCUT2D eigenvalue weighted by molar-refractivity contribution is 5.81. The minimum atomic E-state index is -0.835. The van der Waals surface area contributed by atoms with Crippen LogP contribution in [0.4, 0.5) is 0 Å². The Hall–Kier alpha value is -3.94. The van der Waals surface area contributed by atoms with Crippen LogP contribution in [0.25, 0.3) is 0 Å². The van der Waals surface area contributed by atoms with Crippen LogP contribution < -0.4 is 18.9 Å². The van der Waals surface area contributed by atoms with Crippen LogP contribution in [0.2, 0.25) is 0 Å². The highest BCUT2D eigenvalue weighted by Crippen LogP contribution is 2.36. The molecule has 200 valence electrons. The molecule has 0 aliphatic carbocycles. The summed E-state index contributed by atoms with van der Waals surface area (Å²) in [5, 5.41) is 0. The van der Waals surface area contributed by atoms with Crippen LogP contribution in [0.1, 0.15) is 51.7 Å². The number of benzene rings is 2. The monoisotopic (exact) mass is 512 g/mol. The summed E-state index contributed by atoms with van der Waals surface area (Å²) in [6.07, 6.45) is 1.06. The second kappa shape index (κ2) is 14.6. The molecule has 0 spiro atoms. The van der Waals surface area contributed by atoms with Crippen molar-refractivity contribution in [3.8, 4) is 23.0 Å². The normalized spacial score (nSPS) is 12.9. The summed E-state index contributed by atoms with van der Waals surface area (Å²) in [4.78, 5) is 23.2. The number of ether oxygens (including phenoxy) is 6. The minimum absolute atomic E-state index is 0.0423. The predicted molar refractivity (Wildman–Crippen MR) is 140 cm³/mol. The standard InChI is InChI=1S/C29H36O8/c1-8-28(30)36-20(6)34-26-17-23(32-10-3)13-12-22(26)16-19(5)25-15-14-24(33-11-4)18-27(25)35-21(7)37-29(31)9-2/h8-9,12-15,17-21H,1-2,10-11,16H2,3-7H3. The third-order valence-electron chi connectivity index (χ3n) is 5.19. The maximum Gasteiger partial charge on any atom is 0.333 e. The third-order valence-corrected chi connectivity index (χ3v) is 5.19. The molecule has 0 N–H and O–H groups in total. The van der Waals surface area contributed by atoms with E-state index >= 15 is 0 Å². The van der Waals surface area contributed by atoms with Crippen LogP contribution in [0, 0.1) is 0 Å². The molecular formula is C29H36O8. The molecule has 0 fully saturated rings. The topological polar surface area (TPSA) is 89.5 Å². The molecule has 2 aromatic carbocycles. The summed E-state index contributed by atoms with van der Waals surface area (Å²) >= 11 is 0. The second-order valence-electron chi connectivity index (χ2n) is 8.09. The van der Waals surface area contributed by atoms with E-state index in [1.54, 1.807) is 26.0 Å². The van der Waals surface area contributed by atoms with E-state index in [0.29, 0.717) is 42.6 Å². The molecule has 0 bridgehead atoms. The fourth-order valence-corrected chi connectivity index (χ4v) is 3.62. The number of esters is 2. The average Bonchev–Trinajstić information content (AvgIpc) is 2.85. The summed E-state index contributed by atoms with van der Waals surface area (Å²) in [6, 6.07) is 11.1. The van der Waals surface area contributed by atoms with Gasteiger partial charge in [-0.05, 0) is 49.4 Å². The van der Waals surface area contributed by atoms with Crippen LogP contribution >= 0.6 is 0 Å². The molecule has 0 saturated heterocycles. The fourth-order valence-electron chi connectivity index (χ4n) is 3.62. The van der Waals surface area contributed by atoms with Crippen LogP contribution in [0.3, 0.4) is 0 Å². The molecule has 0 saturated carbocycles. The highest BCUT2D eigenvalue weighted by Gasteiger charge is 2.20. The van der Waals surface area contributed by atoms with Crippen LogP contribution in [-0.2, 0) is 25.5 Å². The molecule has 8 heteroatoms. The van der Waals surface area contributed by atoms with Gasteiger partial charge < -0.3 is 28.4 Å². The van der Waals surface area contributed by atoms with Crippen molar-refractivity contribution in [2.24, 2.45) is 0 Å². The molecule has 37 heavy (non-hydrogen) atoms. The Morgan fingerprint density at radius 3 is 1.78 bits per heavy atom. The Kier molecular flexibility index (Phi) is 11.5. The number of hydrogen-bond acceptors (Lipinski definition) is 8. The van der Waals surface area contributed by atoms with Crippen molar-refractivity contribution in [2.75, 3.05) is 13.2 Å². The smallest absolute Gasteiger partial charge is 0.333 e. The lowest BCUT2D eigenvalue weighted by molar-refractivity contribution is -0.156. The molecule has 2 aromatic rings. The van der Waals surface area contributed by atoms with E-state index in [-0.39, 0.29) is 5.92 Å². The van der Waals surface area contributed by atoms with Gasteiger partial charge in [0.15, 0.2) is 0 Å². The zero-order valence-corrected chi connectivity index (χ0v) is 22.2.